The van der Waals surface area contributed by atoms with Crippen LogP contribution in [-0.2, 0) is 0 Å². The first-order valence-corrected chi connectivity index (χ1v) is 14.3. The molecule has 3 N–H and O–H groups in total. The zero-order valence-electron chi connectivity index (χ0n) is 23.5. The van der Waals surface area contributed by atoms with E-state index >= 15 is 0 Å². The van der Waals surface area contributed by atoms with E-state index in [-0.39, 0.29) is 16.9 Å². The molecule has 0 unspecified atom stereocenters. The van der Waals surface area contributed by atoms with Crippen molar-refractivity contribution >= 4 is 0 Å². The fraction of sp³-hybridized carbons (Fsp3) is 0.935. The number of aliphatic hydroxyl groups excluding tert-OH is 1. The molecule has 0 aromatic carbocycles. The van der Waals surface area contributed by atoms with Gasteiger partial charge in [0.05, 0.1) is 17.3 Å². The topological polar surface area (TPSA) is 60.7 Å². The van der Waals surface area contributed by atoms with Crippen molar-refractivity contribution in [1.29, 1.82) is 0 Å². The second-order valence-corrected chi connectivity index (χ2v) is 15.1. The highest BCUT2D eigenvalue weighted by Crippen LogP contribution is 2.75. The zero-order chi connectivity index (χ0) is 25.4. The summed E-state index contributed by atoms with van der Waals surface area (Å²) in [5.41, 5.74) is -0.541. The minimum atomic E-state index is -0.788. The van der Waals surface area contributed by atoms with Gasteiger partial charge in [-0.15, -0.1) is 0 Å². The Kier molecular flexibility index (Phi) is 6.53. The molecule has 4 saturated carbocycles. The fourth-order valence-electron chi connectivity index (χ4n) is 10.4. The quantitative estimate of drug-likeness (QED) is 0.380. The van der Waals surface area contributed by atoms with E-state index in [2.05, 4.69) is 41.5 Å². The van der Waals surface area contributed by atoms with E-state index in [9.17, 15) is 15.3 Å². The van der Waals surface area contributed by atoms with Crippen molar-refractivity contribution in [2.45, 2.75) is 137 Å². The molecule has 0 aromatic heterocycles. The number of hydrogen-bond donors (Lipinski definition) is 3. The van der Waals surface area contributed by atoms with Crippen LogP contribution >= 0.6 is 0 Å². The highest BCUT2D eigenvalue weighted by Gasteiger charge is 2.69. The molecule has 0 bridgehead atoms. The summed E-state index contributed by atoms with van der Waals surface area (Å²) in [6.07, 6.45) is 14.8. The molecule has 0 aliphatic heterocycles. The van der Waals surface area contributed by atoms with Crippen LogP contribution in [0.15, 0.2) is 12.2 Å². The van der Waals surface area contributed by atoms with E-state index in [1.165, 1.54) is 32.1 Å². The molecule has 3 nitrogen and oxygen atoms in total. The molecule has 3 heteroatoms. The van der Waals surface area contributed by atoms with Crippen molar-refractivity contribution in [2.75, 3.05) is 0 Å². The molecule has 196 valence electrons. The van der Waals surface area contributed by atoms with Crippen molar-refractivity contribution < 1.29 is 15.3 Å². The molecule has 0 spiro atoms. The standard InChI is InChI=1S/C31H54O3/c1-26(2,33)16-9-10-17-31(8,34)22-13-19-29(6)21(22)11-12-24-28(5)18-15-25(32)27(3,4)23(28)14-20-30(24,29)7/h9,16,21-25,32-34H,10-15,17-20H2,1-8H3/b16-9+/t21-,22+,23+,24-,25+,28+,29-,30-,31+/m1/s1. The van der Waals surface area contributed by atoms with Crippen LogP contribution < -0.4 is 0 Å². The van der Waals surface area contributed by atoms with Crippen molar-refractivity contribution in [3.8, 4) is 0 Å². The molecule has 4 rings (SSSR count). The molecule has 0 heterocycles. The Morgan fingerprint density at radius 1 is 0.794 bits per heavy atom. The lowest BCUT2D eigenvalue weighted by Gasteiger charge is -2.70. The van der Waals surface area contributed by atoms with Gasteiger partial charge >= 0.3 is 0 Å². The van der Waals surface area contributed by atoms with Gasteiger partial charge in [-0.1, -0.05) is 46.8 Å². The normalized spacial score (nSPS) is 48.1. The molecular weight excluding hydrogens is 420 g/mol. The van der Waals surface area contributed by atoms with E-state index < -0.39 is 11.2 Å². The first kappa shape index (κ1) is 26.7. The molecule has 0 saturated heterocycles. The van der Waals surface area contributed by atoms with Gasteiger partial charge in [-0.2, -0.15) is 0 Å². The van der Waals surface area contributed by atoms with E-state index in [0.717, 1.165) is 32.1 Å². The van der Waals surface area contributed by atoms with Gasteiger partial charge in [0.25, 0.3) is 0 Å². The SMILES string of the molecule is CC(C)(O)/C=C/CC[C@](C)(O)[C@H]1CC[C@]2(C)[C@@H]1CC[C@@H]1[C@@]3(C)CC[C@H](O)C(C)(C)[C@@H]3CC[C@]12C. The zero-order valence-corrected chi connectivity index (χ0v) is 23.5. The van der Waals surface area contributed by atoms with E-state index in [1.54, 1.807) is 13.8 Å². The first-order chi connectivity index (χ1) is 15.5. The molecule has 4 aliphatic rings. The number of fused-ring (bicyclic) bond motifs is 5. The molecular formula is C31H54O3. The van der Waals surface area contributed by atoms with Crippen LogP contribution in [-0.4, -0.2) is 32.6 Å². The molecule has 4 fully saturated rings. The lowest BCUT2D eigenvalue weighted by atomic mass is 9.35. The highest BCUT2D eigenvalue weighted by molar-refractivity contribution is 5.18. The van der Waals surface area contributed by atoms with Crippen molar-refractivity contribution in [2.24, 2.45) is 45.3 Å². The predicted molar refractivity (Wildman–Crippen MR) is 140 cm³/mol. The Morgan fingerprint density at radius 2 is 1.44 bits per heavy atom. The summed E-state index contributed by atoms with van der Waals surface area (Å²) < 4.78 is 0. The van der Waals surface area contributed by atoms with Crippen LogP contribution in [0.4, 0.5) is 0 Å². The maximum absolute atomic E-state index is 11.7. The minimum absolute atomic E-state index is 0.00458. The Bertz CT molecular complexity index is 791. The smallest absolute Gasteiger partial charge is 0.0771 e. The van der Waals surface area contributed by atoms with Crippen molar-refractivity contribution in [3.63, 3.8) is 0 Å². The summed E-state index contributed by atoms with van der Waals surface area (Å²) in [5, 5.41) is 32.5. The molecule has 0 radical (unpaired) electrons. The van der Waals surface area contributed by atoms with Gasteiger partial charge in [-0.05, 0) is 130 Å². The number of allylic oxidation sites excluding steroid dienone is 1. The second-order valence-electron chi connectivity index (χ2n) is 15.1. The molecule has 4 aliphatic carbocycles. The monoisotopic (exact) mass is 474 g/mol. The summed E-state index contributed by atoms with van der Waals surface area (Å²) in [6, 6.07) is 0. The first-order valence-electron chi connectivity index (χ1n) is 14.3. The second kappa shape index (κ2) is 8.32. The fourth-order valence-corrected chi connectivity index (χ4v) is 10.4. The third kappa shape index (κ3) is 3.95. The lowest BCUT2D eigenvalue weighted by molar-refractivity contribution is -0.225. The largest absolute Gasteiger partial charge is 0.393 e. The minimum Gasteiger partial charge on any atom is -0.393 e. The van der Waals surface area contributed by atoms with Crippen molar-refractivity contribution in [1.82, 2.24) is 0 Å². The third-order valence-corrected chi connectivity index (χ3v) is 12.5. The van der Waals surface area contributed by atoms with Gasteiger partial charge in [0.1, 0.15) is 0 Å². The van der Waals surface area contributed by atoms with Gasteiger partial charge in [0, 0.05) is 0 Å². The maximum Gasteiger partial charge on any atom is 0.0771 e. The van der Waals surface area contributed by atoms with Crippen LogP contribution in [0.1, 0.15) is 120 Å². The van der Waals surface area contributed by atoms with Crippen LogP contribution in [0.5, 0.6) is 0 Å². The van der Waals surface area contributed by atoms with Gasteiger partial charge in [0.15, 0.2) is 0 Å². The van der Waals surface area contributed by atoms with E-state index in [1.807, 2.05) is 12.2 Å². The lowest BCUT2D eigenvalue weighted by Crippen LogP contribution is -2.64. The summed E-state index contributed by atoms with van der Waals surface area (Å²) in [7, 11) is 0. The average molecular weight is 475 g/mol. The van der Waals surface area contributed by atoms with Gasteiger partial charge in [-0.3, -0.25) is 0 Å². The summed E-state index contributed by atoms with van der Waals surface area (Å²) >= 11 is 0. The number of hydrogen-bond acceptors (Lipinski definition) is 3. The Labute approximate surface area is 209 Å². The average Bonchev–Trinajstić information content (AvgIpc) is 3.07. The summed E-state index contributed by atoms with van der Waals surface area (Å²) in [5.74, 6) is 2.26. The Morgan fingerprint density at radius 3 is 2.09 bits per heavy atom. The summed E-state index contributed by atoms with van der Waals surface area (Å²) in [4.78, 5) is 0. The van der Waals surface area contributed by atoms with Crippen LogP contribution in [0.3, 0.4) is 0 Å². The summed E-state index contributed by atoms with van der Waals surface area (Å²) in [6.45, 7) is 18.1. The Hall–Kier alpha value is -0.380. The maximum atomic E-state index is 11.7. The number of rotatable bonds is 5. The molecule has 34 heavy (non-hydrogen) atoms. The molecule has 0 aromatic rings. The molecule has 0 amide bonds. The third-order valence-electron chi connectivity index (χ3n) is 12.5. The van der Waals surface area contributed by atoms with Gasteiger partial charge in [0.2, 0.25) is 0 Å². The van der Waals surface area contributed by atoms with E-state index in [4.69, 9.17) is 0 Å². The van der Waals surface area contributed by atoms with Gasteiger partial charge in [-0.25, -0.2) is 0 Å². The van der Waals surface area contributed by atoms with Crippen LogP contribution in [0, 0.1) is 45.3 Å². The van der Waals surface area contributed by atoms with Crippen LogP contribution in [0.2, 0.25) is 0 Å². The van der Waals surface area contributed by atoms with E-state index in [0.29, 0.717) is 34.5 Å². The number of aliphatic hydroxyl groups is 3. The van der Waals surface area contributed by atoms with Crippen LogP contribution in [0.25, 0.3) is 0 Å². The predicted octanol–water partition coefficient (Wildman–Crippen LogP) is 6.89. The van der Waals surface area contributed by atoms with Gasteiger partial charge < -0.3 is 15.3 Å². The molecule has 9 atom stereocenters. The highest BCUT2D eigenvalue weighted by atomic mass is 16.3. The van der Waals surface area contributed by atoms with Crippen molar-refractivity contribution in [3.05, 3.63) is 12.2 Å². The Balaban J connectivity index is 1.56.